The molecule has 174 valence electrons. The minimum absolute atomic E-state index is 0.0671. The monoisotopic (exact) mass is 461 g/mol. The molecule has 2 aliphatic rings. The molecule has 6 nitrogen and oxygen atoms in total. The number of carbonyl (C=O) groups excluding carboxylic acids is 1. The third kappa shape index (κ3) is 5.40. The molecule has 1 aromatic carbocycles. The summed E-state index contributed by atoms with van der Waals surface area (Å²) in [7, 11) is -3.88. The first-order valence-corrected chi connectivity index (χ1v) is 12.0. The number of nitrogens with zero attached hydrogens (tertiary/aromatic N) is 3. The largest absolute Gasteiger partial charge is 0.416 e. The number of piperidine rings is 1. The molecule has 10 heteroatoms. The predicted molar refractivity (Wildman–Crippen MR) is 111 cm³/mol. The number of amides is 1. The molecule has 2 fully saturated rings. The highest BCUT2D eigenvalue weighted by Gasteiger charge is 2.35. The lowest BCUT2D eigenvalue weighted by atomic mass is 9.91. The number of piperazine rings is 1. The summed E-state index contributed by atoms with van der Waals surface area (Å²) in [5.74, 6) is 0.994. The van der Waals surface area contributed by atoms with E-state index in [4.69, 9.17) is 0 Å². The van der Waals surface area contributed by atoms with Crippen LogP contribution in [-0.4, -0.2) is 73.7 Å². The van der Waals surface area contributed by atoms with Gasteiger partial charge in [0.05, 0.1) is 16.5 Å². The van der Waals surface area contributed by atoms with Gasteiger partial charge in [-0.05, 0) is 49.4 Å². The quantitative estimate of drug-likeness (QED) is 0.692. The summed E-state index contributed by atoms with van der Waals surface area (Å²) in [6, 6.07) is 3.22. The van der Waals surface area contributed by atoms with Crippen LogP contribution in [0.5, 0.6) is 0 Å². The molecule has 0 aliphatic carbocycles. The number of halogens is 3. The van der Waals surface area contributed by atoms with Crippen molar-refractivity contribution >= 4 is 15.9 Å². The number of sulfonamides is 1. The van der Waals surface area contributed by atoms with Crippen LogP contribution in [0.4, 0.5) is 13.2 Å². The van der Waals surface area contributed by atoms with Gasteiger partial charge in [0.25, 0.3) is 0 Å². The summed E-state index contributed by atoms with van der Waals surface area (Å²) in [6.07, 6.45) is -3.40. The second-order valence-electron chi connectivity index (χ2n) is 8.83. The molecule has 2 heterocycles. The Balaban J connectivity index is 1.61. The van der Waals surface area contributed by atoms with E-state index in [1.165, 1.54) is 4.31 Å². The SMILES string of the molecule is C[C@@H]1C[C@@H](C)CN(C(=O)[C@@H](C)N2CCN(S(=O)(=O)c3ccc(C(F)(F)F)cc3)CC2)C1. The Morgan fingerprint density at radius 2 is 1.52 bits per heavy atom. The van der Waals surface area contributed by atoms with Crippen molar-refractivity contribution in [3.8, 4) is 0 Å². The fourth-order valence-corrected chi connectivity index (χ4v) is 5.98. The maximum atomic E-state index is 13.0. The minimum Gasteiger partial charge on any atom is -0.341 e. The molecule has 3 rings (SSSR count). The van der Waals surface area contributed by atoms with Crippen LogP contribution >= 0.6 is 0 Å². The van der Waals surface area contributed by atoms with E-state index < -0.39 is 21.8 Å². The van der Waals surface area contributed by atoms with Gasteiger partial charge in [-0.15, -0.1) is 0 Å². The summed E-state index contributed by atoms with van der Waals surface area (Å²) >= 11 is 0. The van der Waals surface area contributed by atoms with Gasteiger partial charge in [-0.3, -0.25) is 9.69 Å². The third-order valence-electron chi connectivity index (χ3n) is 6.18. The molecular weight excluding hydrogens is 431 g/mol. The molecule has 1 aromatic rings. The summed E-state index contributed by atoms with van der Waals surface area (Å²) in [6.45, 7) is 8.80. The van der Waals surface area contributed by atoms with Crippen LogP contribution in [-0.2, 0) is 21.0 Å². The average Bonchev–Trinajstić information content (AvgIpc) is 2.71. The fourth-order valence-electron chi connectivity index (χ4n) is 4.56. The molecule has 0 radical (unpaired) electrons. The Labute approximate surface area is 182 Å². The van der Waals surface area contributed by atoms with Gasteiger partial charge < -0.3 is 4.90 Å². The third-order valence-corrected chi connectivity index (χ3v) is 8.09. The van der Waals surface area contributed by atoms with Gasteiger partial charge >= 0.3 is 6.18 Å². The standard InChI is InChI=1S/C21H30F3N3O3S/c1-15-12-16(2)14-26(13-15)20(28)17(3)25-8-10-27(11-9-25)31(29,30)19-6-4-18(5-7-19)21(22,23)24/h4-7,15-17H,8-14H2,1-3H3/t15-,16-,17-/m1/s1. The molecule has 0 N–H and O–H groups in total. The van der Waals surface area contributed by atoms with Crippen LogP contribution in [0.1, 0.15) is 32.8 Å². The summed E-state index contributed by atoms with van der Waals surface area (Å²) in [5, 5.41) is 0. The Bertz CT molecular complexity index is 871. The zero-order valence-corrected chi connectivity index (χ0v) is 18.9. The number of carbonyl (C=O) groups is 1. The molecular formula is C21H30F3N3O3S. The number of hydrogen-bond donors (Lipinski definition) is 0. The summed E-state index contributed by atoms with van der Waals surface area (Å²) in [5.41, 5.74) is -0.884. The molecule has 0 bridgehead atoms. The first-order valence-electron chi connectivity index (χ1n) is 10.6. The Hall–Kier alpha value is -1.65. The second kappa shape index (κ2) is 9.07. The summed E-state index contributed by atoms with van der Waals surface area (Å²) in [4.78, 5) is 16.7. The van der Waals surface area contributed by atoms with E-state index in [-0.39, 0.29) is 29.9 Å². The zero-order valence-electron chi connectivity index (χ0n) is 18.1. The Kier molecular flexibility index (Phi) is 7.02. The number of likely N-dealkylation sites (tertiary alicyclic amines) is 1. The van der Waals surface area contributed by atoms with Gasteiger partial charge in [0.2, 0.25) is 15.9 Å². The highest BCUT2D eigenvalue weighted by molar-refractivity contribution is 7.89. The van der Waals surface area contributed by atoms with Crippen LogP contribution < -0.4 is 0 Å². The maximum absolute atomic E-state index is 13.0. The van der Waals surface area contributed by atoms with Crippen molar-refractivity contribution in [1.29, 1.82) is 0 Å². The normalized spacial score (nSPS) is 25.4. The highest BCUT2D eigenvalue weighted by Crippen LogP contribution is 2.30. The lowest BCUT2D eigenvalue weighted by molar-refractivity contribution is -0.139. The number of rotatable bonds is 4. The van der Waals surface area contributed by atoms with Gasteiger partial charge in [0.15, 0.2) is 0 Å². The van der Waals surface area contributed by atoms with Crippen LogP contribution in [0.3, 0.4) is 0 Å². The van der Waals surface area contributed by atoms with Crippen molar-refractivity contribution in [2.45, 2.75) is 44.3 Å². The van der Waals surface area contributed by atoms with Gasteiger partial charge in [0.1, 0.15) is 0 Å². The first-order chi connectivity index (χ1) is 14.4. The maximum Gasteiger partial charge on any atom is 0.416 e. The minimum atomic E-state index is -4.51. The Morgan fingerprint density at radius 3 is 2.00 bits per heavy atom. The molecule has 0 spiro atoms. The molecule has 0 aromatic heterocycles. The van der Waals surface area contributed by atoms with E-state index >= 15 is 0 Å². The van der Waals surface area contributed by atoms with E-state index in [0.717, 1.165) is 43.8 Å². The summed E-state index contributed by atoms with van der Waals surface area (Å²) < 4.78 is 65.1. The van der Waals surface area contributed by atoms with Crippen LogP contribution in [0.25, 0.3) is 0 Å². The Morgan fingerprint density at radius 1 is 1.00 bits per heavy atom. The average molecular weight is 462 g/mol. The van der Waals surface area contributed by atoms with Crippen molar-refractivity contribution in [3.05, 3.63) is 29.8 Å². The van der Waals surface area contributed by atoms with E-state index in [1.54, 1.807) is 0 Å². The van der Waals surface area contributed by atoms with Crippen LogP contribution in [0, 0.1) is 11.8 Å². The van der Waals surface area contributed by atoms with E-state index in [9.17, 15) is 26.4 Å². The fraction of sp³-hybridized carbons (Fsp3) is 0.667. The number of benzene rings is 1. The van der Waals surface area contributed by atoms with Crippen molar-refractivity contribution in [3.63, 3.8) is 0 Å². The van der Waals surface area contributed by atoms with Crippen molar-refractivity contribution in [1.82, 2.24) is 14.1 Å². The van der Waals surface area contributed by atoms with E-state index in [0.29, 0.717) is 24.9 Å². The van der Waals surface area contributed by atoms with Crippen molar-refractivity contribution in [2.75, 3.05) is 39.3 Å². The molecule has 0 saturated carbocycles. The van der Waals surface area contributed by atoms with Crippen LogP contribution in [0.15, 0.2) is 29.2 Å². The smallest absolute Gasteiger partial charge is 0.341 e. The first kappa shape index (κ1) is 24.0. The van der Waals surface area contributed by atoms with Gasteiger partial charge in [-0.25, -0.2) is 8.42 Å². The lowest BCUT2D eigenvalue weighted by Crippen LogP contribution is -2.56. The second-order valence-corrected chi connectivity index (χ2v) is 10.8. The van der Waals surface area contributed by atoms with Crippen molar-refractivity contribution in [2.24, 2.45) is 11.8 Å². The van der Waals surface area contributed by atoms with Gasteiger partial charge in [0, 0.05) is 39.3 Å². The molecule has 1 amide bonds. The molecule has 2 aliphatic heterocycles. The topological polar surface area (TPSA) is 60.9 Å². The predicted octanol–water partition coefficient (Wildman–Crippen LogP) is 2.90. The van der Waals surface area contributed by atoms with Gasteiger partial charge in [-0.2, -0.15) is 17.5 Å². The number of hydrogen-bond acceptors (Lipinski definition) is 4. The van der Waals surface area contributed by atoms with E-state index in [2.05, 4.69) is 13.8 Å². The molecule has 2 saturated heterocycles. The molecule has 3 atom stereocenters. The zero-order chi connectivity index (χ0) is 23.0. The van der Waals surface area contributed by atoms with E-state index in [1.807, 2.05) is 16.7 Å². The molecule has 0 unspecified atom stereocenters. The number of alkyl halides is 3. The van der Waals surface area contributed by atoms with Crippen molar-refractivity contribution < 1.29 is 26.4 Å². The lowest BCUT2D eigenvalue weighted by Gasteiger charge is -2.41. The molecule has 31 heavy (non-hydrogen) atoms. The highest BCUT2D eigenvalue weighted by atomic mass is 32.2. The van der Waals surface area contributed by atoms with Crippen LogP contribution in [0.2, 0.25) is 0 Å². The van der Waals surface area contributed by atoms with Gasteiger partial charge in [-0.1, -0.05) is 13.8 Å².